The zero-order chi connectivity index (χ0) is 19.1. The Morgan fingerprint density at radius 2 is 2.12 bits per heavy atom. The number of aliphatic hydroxyl groups is 1. The smallest absolute Gasteiger partial charge is 0.229 e. The molecule has 2 aliphatic heterocycles. The van der Waals surface area contributed by atoms with E-state index < -0.39 is 16.1 Å². The number of nitrogens with zero attached hydrogens (tertiary/aromatic N) is 1. The van der Waals surface area contributed by atoms with Crippen LogP contribution in [0.1, 0.15) is 24.3 Å². The molecule has 0 unspecified atom stereocenters. The first-order valence-electron chi connectivity index (χ1n) is 8.43. The van der Waals surface area contributed by atoms with Crippen LogP contribution in [0.25, 0.3) is 0 Å². The molecule has 0 radical (unpaired) electrons. The van der Waals surface area contributed by atoms with Crippen LogP contribution in [-0.4, -0.2) is 69.6 Å². The summed E-state index contributed by atoms with van der Waals surface area (Å²) in [6.45, 7) is -0.212. The maximum atomic E-state index is 12.0. The van der Waals surface area contributed by atoms with Crippen LogP contribution < -0.4 is 9.46 Å². The summed E-state index contributed by atoms with van der Waals surface area (Å²) in [5.41, 5.74) is 1.33. The highest BCUT2D eigenvalue weighted by atomic mass is 32.2. The van der Waals surface area contributed by atoms with Gasteiger partial charge < -0.3 is 19.5 Å². The fraction of sp³-hybridized carbons (Fsp3) is 0.588. The van der Waals surface area contributed by atoms with Gasteiger partial charge in [0.15, 0.2) is 0 Å². The topological polar surface area (TPSA) is 105 Å². The van der Waals surface area contributed by atoms with Crippen molar-refractivity contribution in [3.8, 4) is 5.75 Å². The molecule has 2 aliphatic rings. The first-order chi connectivity index (χ1) is 12.2. The second kappa shape index (κ2) is 7.05. The van der Waals surface area contributed by atoms with Crippen molar-refractivity contribution in [2.24, 2.45) is 0 Å². The third-order valence-corrected chi connectivity index (χ3v) is 5.31. The molecule has 144 valence electrons. The SMILES string of the molecule is CN(C)C(=O)C[C@H]1C[C@H]2c3cc(NS(C)(=O)=O)ccc3O[C@H]2[C@@H](CO)O1. The number of aliphatic hydroxyl groups excluding tert-OH is 1. The summed E-state index contributed by atoms with van der Waals surface area (Å²) in [6, 6.07) is 5.11. The van der Waals surface area contributed by atoms with Gasteiger partial charge in [-0.2, -0.15) is 0 Å². The molecule has 9 heteroatoms. The number of carbonyl (C=O) groups is 1. The number of anilines is 1. The molecule has 1 amide bonds. The summed E-state index contributed by atoms with van der Waals surface area (Å²) in [7, 11) is -0.00303. The molecule has 0 bridgehead atoms. The molecule has 0 aliphatic carbocycles. The number of benzene rings is 1. The predicted molar refractivity (Wildman–Crippen MR) is 95.7 cm³/mol. The molecule has 1 fully saturated rings. The first-order valence-corrected chi connectivity index (χ1v) is 10.3. The maximum absolute atomic E-state index is 12.0. The minimum Gasteiger partial charge on any atom is -0.487 e. The number of sulfonamides is 1. The summed E-state index contributed by atoms with van der Waals surface area (Å²) in [6.07, 6.45) is 0.670. The van der Waals surface area contributed by atoms with Gasteiger partial charge in [0.2, 0.25) is 15.9 Å². The molecule has 2 heterocycles. The Morgan fingerprint density at radius 3 is 2.73 bits per heavy atom. The van der Waals surface area contributed by atoms with Crippen molar-refractivity contribution >= 4 is 21.6 Å². The second-order valence-corrected chi connectivity index (χ2v) is 8.77. The van der Waals surface area contributed by atoms with E-state index in [-0.39, 0.29) is 37.1 Å². The van der Waals surface area contributed by atoms with Crippen LogP contribution in [0, 0.1) is 0 Å². The highest BCUT2D eigenvalue weighted by molar-refractivity contribution is 7.92. The molecular weight excluding hydrogens is 360 g/mol. The fourth-order valence-corrected chi connectivity index (χ4v) is 4.10. The van der Waals surface area contributed by atoms with E-state index in [2.05, 4.69) is 4.72 Å². The van der Waals surface area contributed by atoms with Crippen molar-refractivity contribution in [2.75, 3.05) is 31.7 Å². The van der Waals surface area contributed by atoms with Crippen molar-refractivity contribution in [2.45, 2.75) is 37.1 Å². The minimum atomic E-state index is -3.38. The molecule has 8 nitrogen and oxygen atoms in total. The molecule has 3 rings (SSSR count). The summed E-state index contributed by atoms with van der Waals surface area (Å²) < 4.78 is 37.2. The van der Waals surface area contributed by atoms with E-state index in [1.165, 1.54) is 4.90 Å². The van der Waals surface area contributed by atoms with Crippen LogP contribution in [0.3, 0.4) is 0 Å². The number of amides is 1. The predicted octanol–water partition coefficient (Wildman–Crippen LogP) is 0.531. The molecule has 1 saturated heterocycles. The average Bonchev–Trinajstić information content (AvgIpc) is 2.90. The van der Waals surface area contributed by atoms with Gasteiger partial charge in [-0.05, 0) is 24.6 Å². The van der Waals surface area contributed by atoms with Crippen LogP contribution in [0.15, 0.2) is 18.2 Å². The van der Waals surface area contributed by atoms with Crippen LogP contribution in [0.4, 0.5) is 5.69 Å². The Labute approximate surface area is 153 Å². The summed E-state index contributed by atoms with van der Waals surface area (Å²) in [5.74, 6) is 0.537. The lowest BCUT2D eigenvalue weighted by Gasteiger charge is -2.37. The molecule has 0 aromatic heterocycles. The standard InChI is InChI=1S/C17H24N2O6S/c1-19(2)16(21)8-11-7-13-12-6-10(18-26(3,22)23)4-5-14(12)25-17(13)15(9-20)24-11/h4-6,11,13,15,17-18,20H,7-9H2,1-3H3/t11-,13+,15-,17-/m1/s1. The number of hydrogen-bond acceptors (Lipinski definition) is 6. The summed E-state index contributed by atoms with van der Waals surface area (Å²) in [4.78, 5) is 13.5. The van der Waals surface area contributed by atoms with E-state index >= 15 is 0 Å². The number of rotatable bonds is 5. The third-order valence-electron chi connectivity index (χ3n) is 4.70. The quantitative estimate of drug-likeness (QED) is 0.767. The first kappa shape index (κ1) is 18.9. The van der Waals surface area contributed by atoms with Crippen molar-refractivity contribution in [1.82, 2.24) is 4.90 Å². The molecule has 2 N–H and O–H groups in total. The van der Waals surface area contributed by atoms with Crippen molar-refractivity contribution in [1.29, 1.82) is 0 Å². The highest BCUT2D eigenvalue weighted by Crippen LogP contribution is 2.47. The van der Waals surface area contributed by atoms with E-state index in [9.17, 15) is 18.3 Å². The van der Waals surface area contributed by atoms with Crippen molar-refractivity contribution in [3.63, 3.8) is 0 Å². The molecule has 1 aromatic carbocycles. The number of ether oxygens (including phenoxy) is 2. The van der Waals surface area contributed by atoms with Crippen LogP contribution in [-0.2, 0) is 19.6 Å². The zero-order valence-corrected chi connectivity index (χ0v) is 15.8. The van der Waals surface area contributed by atoms with Gasteiger partial charge in [-0.25, -0.2) is 8.42 Å². The maximum Gasteiger partial charge on any atom is 0.229 e. The fourth-order valence-electron chi connectivity index (χ4n) is 3.54. The van der Waals surface area contributed by atoms with E-state index in [4.69, 9.17) is 9.47 Å². The largest absolute Gasteiger partial charge is 0.487 e. The lowest BCUT2D eigenvalue weighted by molar-refractivity contribution is -0.147. The summed E-state index contributed by atoms with van der Waals surface area (Å²) in [5, 5.41) is 9.69. The normalized spacial score (nSPS) is 27.2. The third kappa shape index (κ3) is 3.94. The number of nitrogens with one attached hydrogen (secondary N) is 1. The average molecular weight is 384 g/mol. The van der Waals surface area contributed by atoms with Crippen LogP contribution in [0.5, 0.6) is 5.75 Å². The van der Waals surface area contributed by atoms with Crippen LogP contribution >= 0.6 is 0 Å². The van der Waals surface area contributed by atoms with E-state index in [1.54, 1.807) is 32.3 Å². The molecular formula is C17H24N2O6S. The number of fused-ring (bicyclic) bond motifs is 3. The second-order valence-electron chi connectivity index (χ2n) is 7.02. The lowest BCUT2D eigenvalue weighted by atomic mass is 9.84. The Hall–Kier alpha value is -1.84. The Bertz CT molecular complexity index is 794. The van der Waals surface area contributed by atoms with Gasteiger partial charge >= 0.3 is 0 Å². The van der Waals surface area contributed by atoms with Crippen molar-refractivity contribution in [3.05, 3.63) is 23.8 Å². The van der Waals surface area contributed by atoms with E-state index in [0.717, 1.165) is 11.8 Å². The van der Waals surface area contributed by atoms with Crippen molar-refractivity contribution < 1.29 is 27.8 Å². The van der Waals surface area contributed by atoms with Gasteiger partial charge in [-0.15, -0.1) is 0 Å². The molecule has 4 atom stereocenters. The van der Waals surface area contributed by atoms with Gasteiger partial charge in [0.25, 0.3) is 0 Å². The Kier molecular flexibility index (Phi) is 5.14. The number of carbonyl (C=O) groups excluding carboxylic acids is 1. The molecule has 0 spiro atoms. The Morgan fingerprint density at radius 1 is 1.38 bits per heavy atom. The summed E-state index contributed by atoms with van der Waals surface area (Å²) >= 11 is 0. The lowest BCUT2D eigenvalue weighted by Crippen LogP contribution is -2.47. The zero-order valence-electron chi connectivity index (χ0n) is 15.0. The van der Waals surface area contributed by atoms with E-state index in [0.29, 0.717) is 17.9 Å². The van der Waals surface area contributed by atoms with Gasteiger partial charge in [0.05, 0.1) is 25.4 Å². The molecule has 1 aromatic rings. The van der Waals surface area contributed by atoms with Gasteiger partial charge in [0, 0.05) is 31.3 Å². The van der Waals surface area contributed by atoms with Gasteiger partial charge in [-0.3, -0.25) is 9.52 Å². The van der Waals surface area contributed by atoms with Crippen LogP contribution in [0.2, 0.25) is 0 Å². The van der Waals surface area contributed by atoms with Gasteiger partial charge in [-0.1, -0.05) is 0 Å². The van der Waals surface area contributed by atoms with E-state index in [1.807, 2.05) is 0 Å². The van der Waals surface area contributed by atoms with Gasteiger partial charge in [0.1, 0.15) is 18.0 Å². The minimum absolute atomic E-state index is 0.0447. The highest BCUT2D eigenvalue weighted by Gasteiger charge is 2.46. The molecule has 26 heavy (non-hydrogen) atoms. The monoisotopic (exact) mass is 384 g/mol. The molecule has 0 saturated carbocycles. The Balaban J connectivity index is 1.85. The number of hydrogen-bond donors (Lipinski definition) is 2.